The summed E-state index contributed by atoms with van der Waals surface area (Å²) in [7, 11) is 0. The minimum Gasteiger partial charge on any atom is -0.354 e. The number of pyridine rings is 1. The first-order valence-corrected chi connectivity index (χ1v) is 10.3. The van der Waals surface area contributed by atoms with Crippen LogP contribution in [0.1, 0.15) is 36.6 Å². The Balaban J connectivity index is 1.07. The number of hydrogen-bond donors (Lipinski definition) is 0. The molecule has 3 aliphatic rings. The maximum Gasteiger partial charge on any atom is 0.131 e. The van der Waals surface area contributed by atoms with Crippen molar-refractivity contribution in [1.82, 2.24) is 24.8 Å². The van der Waals surface area contributed by atoms with Gasteiger partial charge in [-0.3, -0.25) is 9.80 Å². The summed E-state index contributed by atoms with van der Waals surface area (Å²) < 4.78 is 0. The SMILES string of the molecule is c1ccc(N2CCN(C3CN(Cc4cnc(C5CCC5)nc4)C3)CC2)nc1. The third-order valence-corrected chi connectivity index (χ3v) is 6.34. The molecule has 1 saturated carbocycles. The third kappa shape index (κ3) is 3.69. The molecular formula is C21H28N6. The molecule has 1 aliphatic carbocycles. The molecule has 0 atom stereocenters. The van der Waals surface area contributed by atoms with E-state index in [1.165, 1.54) is 24.8 Å². The van der Waals surface area contributed by atoms with Crippen LogP contribution in [-0.2, 0) is 6.54 Å². The molecule has 2 aromatic heterocycles. The van der Waals surface area contributed by atoms with Crippen molar-refractivity contribution in [2.75, 3.05) is 44.2 Å². The molecule has 6 nitrogen and oxygen atoms in total. The van der Waals surface area contributed by atoms with E-state index in [2.05, 4.69) is 41.8 Å². The molecule has 0 bridgehead atoms. The van der Waals surface area contributed by atoms with Crippen LogP contribution in [0.4, 0.5) is 5.82 Å². The Morgan fingerprint density at radius 2 is 1.70 bits per heavy atom. The van der Waals surface area contributed by atoms with Gasteiger partial charge in [0, 0.05) is 81.9 Å². The van der Waals surface area contributed by atoms with Crippen LogP contribution < -0.4 is 4.90 Å². The third-order valence-electron chi connectivity index (χ3n) is 6.34. The first-order chi connectivity index (χ1) is 13.3. The van der Waals surface area contributed by atoms with Crippen LogP contribution >= 0.6 is 0 Å². The van der Waals surface area contributed by atoms with Crippen LogP contribution in [0.15, 0.2) is 36.8 Å². The molecule has 0 amide bonds. The Bertz CT molecular complexity index is 731. The summed E-state index contributed by atoms with van der Waals surface area (Å²) in [6.07, 6.45) is 9.83. The van der Waals surface area contributed by atoms with E-state index in [1.807, 2.05) is 24.7 Å². The molecule has 27 heavy (non-hydrogen) atoms. The molecule has 0 unspecified atom stereocenters. The topological polar surface area (TPSA) is 48.4 Å². The highest BCUT2D eigenvalue weighted by Gasteiger charge is 2.33. The smallest absolute Gasteiger partial charge is 0.131 e. The minimum absolute atomic E-state index is 0.622. The normalized spacial score (nSPS) is 22.4. The fourth-order valence-electron chi connectivity index (χ4n) is 4.34. The van der Waals surface area contributed by atoms with Crippen LogP contribution in [-0.4, -0.2) is 70.1 Å². The summed E-state index contributed by atoms with van der Waals surface area (Å²) in [5.41, 5.74) is 1.25. The van der Waals surface area contributed by atoms with Crippen molar-refractivity contribution in [2.45, 2.75) is 37.8 Å². The molecule has 5 rings (SSSR count). The Morgan fingerprint density at radius 3 is 2.33 bits per heavy atom. The van der Waals surface area contributed by atoms with E-state index < -0.39 is 0 Å². The van der Waals surface area contributed by atoms with Crippen molar-refractivity contribution < 1.29 is 0 Å². The van der Waals surface area contributed by atoms with Gasteiger partial charge in [-0.05, 0) is 25.0 Å². The number of likely N-dealkylation sites (tertiary alicyclic amines) is 1. The lowest BCUT2D eigenvalue weighted by molar-refractivity contribution is 0.0254. The van der Waals surface area contributed by atoms with Crippen LogP contribution in [0, 0.1) is 0 Å². The standard InChI is InChI=1S/C21H28N6/c1-2-7-22-20(6-1)27-10-8-26(9-11-27)19-15-25(16-19)14-17-12-23-21(24-13-17)18-4-3-5-18/h1-2,6-7,12-13,18-19H,3-5,8-11,14-16H2. The second-order valence-corrected chi connectivity index (χ2v) is 8.14. The number of rotatable bonds is 5. The quantitative estimate of drug-likeness (QED) is 0.810. The van der Waals surface area contributed by atoms with Crippen molar-refractivity contribution in [3.8, 4) is 0 Å². The fourth-order valence-corrected chi connectivity index (χ4v) is 4.34. The van der Waals surface area contributed by atoms with Crippen molar-refractivity contribution in [1.29, 1.82) is 0 Å². The molecule has 2 aliphatic heterocycles. The van der Waals surface area contributed by atoms with E-state index in [0.29, 0.717) is 12.0 Å². The molecule has 2 saturated heterocycles. The molecular weight excluding hydrogens is 336 g/mol. The first kappa shape index (κ1) is 17.1. The van der Waals surface area contributed by atoms with Gasteiger partial charge in [-0.15, -0.1) is 0 Å². The maximum absolute atomic E-state index is 4.60. The monoisotopic (exact) mass is 364 g/mol. The maximum atomic E-state index is 4.60. The highest BCUT2D eigenvalue weighted by atomic mass is 15.4. The van der Waals surface area contributed by atoms with Gasteiger partial charge >= 0.3 is 0 Å². The minimum atomic E-state index is 0.622. The highest BCUT2D eigenvalue weighted by molar-refractivity contribution is 5.38. The van der Waals surface area contributed by atoms with Gasteiger partial charge in [0.05, 0.1) is 0 Å². The molecule has 0 N–H and O–H groups in total. The lowest BCUT2D eigenvalue weighted by atomic mass is 9.85. The number of hydrogen-bond acceptors (Lipinski definition) is 6. The van der Waals surface area contributed by atoms with Crippen molar-refractivity contribution in [3.05, 3.63) is 48.2 Å². The molecule has 2 aromatic rings. The Kier molecular flexibility index (Phi) is 4.76. The molecule has 0 aromatic carbocycles. The van der Waals surface area contributed by atoms with Gasteiger partial charge in [0.15, 0.2) is 0 Å². The molecule has 0 spiro atoms. The number of nitrogens with zero attached hydrogens (tertiary/aromatic N) is 6. The zero-order valence-electron chi connectivity index (χ0n) is 15.9. The summed E-state index contributed by atoms with van der Waals surface area (Å²) in [5.74, 6) is 2.78. The first-order valence-electron chi connectivity index (χ1n) is 10.3. The molecule has 3 fully saturated rings. The van der Waals surface area contributed by atoms with Crippen LogP contribution in [0.2, 0.25) is 0 Å². The zero-order chi connectivity index (χ0) is 18.1. The predicted molar refractivity (Wildman–Crippen MR) is 106 cm³/mol. The summed E-state index contributed by atoms with van der Waals surface area (Å²) >= 11 is 0. The van der Waals surface area contributed by atoms with Gasteiger partial charge in [0.1, 0.15) is 11.6 Å². The fraction of sp³-hybridized carbons (Fsp3) is 0.571. The van der Waals surface area contributed by atoms with E-state index in [9.17, 15) is 0 Å². The molecule has 142 valence electrons. The van der Waals surface area contributed by atoms with Gasteiger partial charge in [0.25, 0.3) is 0 Å². The zero-order valence-corrected chi connectivity index (χ0v) is 15.9. The Morgan fingerprint density at radius 1 is 0.926 bits per heavy atom. The average Bonchev–Trinajstić information content (AvgIpc) is 2.65. The highest BCUT2D eigenvalue weighted by Crippen LogP contribution is 2.34. The van der Waals surface area contributed by atoms with Crippen molar-refractivity contribution >= 4 is 5.82 Å². The average molecular weight is 364 g/mol. The Labute approximate surface area is 161 Å². The van der Waals surface area contributed by atoms with Gasteiger partial charge < -0.3 is 4.90 Å². The largest absolute Gasteiger partial charge is 0.354 e. The predicted octanol–water partition coefficient (Wildman–Crippen LogP) is 2.15. The van der Waals surface area contributed by atoms with Gasteiger partial charge in [-0.1, -0.05) is 12.5 Å². The van der Waals surface area contributed by atoms with Gasteiger partial charge in [-0.25, -0.2) is 15.0 Å². The summed E-state index contributed by atoms with van der Waals surface area (Å²) in [4.78, 5) is 21.2. The Hall–Kier alpha value is -2.05. The van der Waals surface area contributed by atoms with Gasteiger partial charge in [0.2, 0.25) is 0 Å². The molecule has 4 heterocycles. The summed E-state index contributed by atoms with van der Waals surface area (Å²) in [5, 5.41) is 0. The van der Waals surface area contributed by atoms with Crippen molar-refractivity contribution in [2.24, 2.45) is 0 Å². The van der Waals surface area contributed by atoms with E-state index >= 15 is 0 Å². The van der Waals surface area contributed by atoms with E-state index in [4.69, 9.17) is 0 Å². The number of aromatic nitrogens is 3. The van der Waals surface area contributed by atoms with Gasteiger partial charge in [-0.2, -0.15) is 0 Å². The second-order valence-electron chi connectivity index (χ2n) is 8.14. The van der Waals surface area contributed by atoms with Crippen LogP contribution in [0.25, 0.3) is 0 Å². The molecule has 0 radical (unpaired) electrons. The van der Waals surface area contributed by atoms with Crippen molar-refractivity contribution in [3.63, 3.8) is 0 Å². The van der Waals surface area contributed by atoms with E-state index in [0.717, 1.165) is 57.5 Å². The van der Waals surface area contributed by atoms with Crippen LogP contribution in [0.3, 0.4) is 0 Å². The number of piperazine rings is 1. The van der Waals surface area contributed by atoms with E-state index in [-0.39, 0.29) is 0 Å². The van der Waals surface area contributed by atoms with Crippen LogP contribution in [0.5, 0.6) is 0 Å². The number of anilines is 1. The molecule has 6 heteroatoms. The second kappa shape index (κ2) is 7.52. The summed E-state index contributed by atoms with van der Waals surface area (Å²) in [6.45, 7) is 7.72. The van der Waals surface area contributed by atoms with E-state index in [1.54, 1.807) is 0 Å². The lowest BCUT2D eigenvalue weighted by Crippen LogP contribution is -2.62. The lowest BCUT2D eigenvalue weighted by Gasteiger charge is -2.48. The summed E-state index contributed by atoms with van der Waals surface area (Å²) in [6, 6.07) is 6.86.